The number of likely N-dealkylation sites (tertiary alicyclic amines) is 1. The molecule has 5 nitrogen and oxygen atoms in total. The van der Waals surface area contributed by atoms with Crippen molar-refractivity contribution < 1.29 is 0 Å². The third kappa shape index (κ3) is 5.55. The molecule has 2 fully saturated rings. The molecule has 29 heavy (non-hydrogen) atoms. The summed E-state index contributed by atoms with van der Waals surface area (Å²) in [5, 5.41) is 0. The van der Waals surface area contributed by atoms with E-state index in [1.165, 1.54) is 49.9 Å². The monoisotopic (exact) mass is 393 g/mol. The van der Waals surface area contributed by atoms with Crippen LogP contribution in [0.2, 0.25) is 0 Å². The molecule has 1 aromatic heterocycles. The highest BCUT2D eigenvalue weighted by Gasteiger charge is 2.24. The Morgan fingerprint density at radius 2 is 1.62 bits per heavy atom. The number of rotatable bonds is 6. The number of hydrogen-bond acceptors (Lipinski definition) is 5. The molecule has 2 saturated heterocycles. The minimum absolute atomic E-state index is 0.619. The maximum Gasteiger partial charge on any atom is 0.225 e. The zero-order valence-electron chi connectivity index (χ0n) is 18.0. The van der Waals surface area contributed by atoms with E-state index >= 15 is 0 Å². The summed E-state index contributed by atoms with van der Waals surface area (Å²) in [4.78, 5) is 16.9. The topological polar surface area (TPSA) is 35.5 Å². The Hall–Kier alpha value is -1.98. The fourth-order valence-corrected chi connectivity index (χ4v) is 4.69. The Morgan fingerprint density at radius 1 is 0.931 bits per heavy atom. The van der Waals surface area contributed by atoms with E-state index in [-0.39, 0.29) is 0 Å². The Balaban J connectivity index is 1.45. The molecule has 2 aromatic rings. The zero-order chi connectivity index (χ0) is 20.1. The predicted molar refractivity (Wildman–Crippen MR) is 119 cm³/mol. The lowest BCUT2D eigenvalue weighted by atomic mass is 10.0. The second kappa shape index (κ2) is 9.68. The molecule has 0 radical (unpaired) electrons. The van der Waals surface area contributed by atoms with Crippen molar-refractivity contribution in [2.75, 3.05) is 38.1 Å². The average molecular weight is 394 g/mol. The number of hydrogen-bond donors (Lipinski definition) is 0. The van der Waals surface area contributed by atoms with Gasteiger partial charge in [0.25, 0.3) is 0 Å². The number of aromatic nitrogens is 2. The first-order valence-electron chi connectivity index (χ1n) is 11.2. The van der Waals surface area contributed by atoms with Crippen LogP contribution in [0, 0.1) is 5.92 Å². The number of benzene rings is 1. The van der Waals surface area contributed by atoms with Crippen molar-refractivity contribution in [3.8, 4) is 0 Å². The van der Waals surface area contributed by atoms with Gasteiger partial charge in [-0.25, -0.2) is 9.97 Å². The zero-order valence-corrected chi connectivity index (χ0v) is 18.0. The summed E-state index contributed by atoms with van der Waals surface area (Å²) in [7, 11) is 2.23. The van der Waals surface area contributed by atoms with Gasteiger partial charge in [-0.2, -0.15) is 0 Å². The Kier molecular flexibility index (Phi) is 6.78. The van der Waals surface area contributed by atoms with Gasteiger partial charge in [-0.15, -0.1) is 0 Å². The molecule has 4 rings (SSSR count). The van der Waals surface area contributed by atoms with Gasteiger partial charge in [0.1, 0.15) is 0 Å². The van der Waals surface area contributed by atoms with Crippen molar-refractivity contribution in [1.29, 1.82) is 0 Å². The highest BCUT2D eigenvalue weighted by Crippen LogP contribution is 2.22. The molecule has 0 saturated carbocycles. The van der Waals surface area contributed by atoms with Gasteiger partial charge in [-0.1, -0.05) is 37.3 Å². The van der Waals surface area contributed by atoms with Gasteiger partial charge in [-0.05, 0) is 57.3 Å². The van der Waals surface area contributed by atoms with E-state index in [0.717, 1.165) is 38.0 Å². The number of anilines is 1. The van der Waals surface area contributed by atoms with Gasteiger partial charge in [0, 0.05) is 50.2 Å². The molecule has 156 valence electrons. The van der Waals surface area contributed by atoms with Crippen LogP contribution >= 0.6 is 0 Å². The minimum Gasteiger partial charge on any atom is -0.341 e. The van der Waals surface area contributed by atoms with Crippen molar-refractivity contribution in [2.24, 2.45) is 5.92 Å². The molecule has 1 atom stereocenters. The second-order valence-corrected chi connectivity index (χ2v) is 9.01. The van der Waals surface area contributed by atoms with E-state index in [9.17, 15) is 0 Å². The lowest BCUT2D eigenvalue weighted by Gasteiger charge is -2.37. The fourth-order valence-electron chi connectivity index (χ4n) is 4.69. The van der Waals surface area contributed by atoms with Crippen molar-refractivity contribution in [2.45, 2.75) is 51.7 Å². The van der Waals surface area contributed by atoms with Crippen LogP contribution in [0.25, 0.3) is 0 Å². The summed E-state index contributed by atoms with van der Waals surface area (Å²) < 4.78 is 0. The highest BCUT2D eigenvalue weighted by atomic mass is 15.3. The molecular formula is C24H35N5. The van der Waals surface area contributed by atoms with Crippen LogP contribution in [0.3, 0.4) is 0 Å². The van der Waals surface area contributed by atoms with Crippen LogP contribution in [0.5, 0.6) is 0 Å². The fraction of sp³-hybridized carbons (Fsp3) is 0.583. The van der Waals surface area contributed by atoms with Crippen LogP contribution in [0.4, 0.5) is 5.95 Å². The van der Waals surface area contributed by atoms with E-state index in [0.29, 0.717) is 6.04 Å². The third-order valence-electron chi connectivity index (χ3n) is 6.45. The van der Waals surface area contributed by atoms with Crippen LogP contribution in [-0.2, 0) is 13.1 Å². The molecule has 0 unspecified atom stereocenters. The number of piperidine rings is 2. The largest absolute Gasteiger partial charge is 0.341 e. The molecule has 0 bridgehead atoms. The van der Waals surface area contributed by atoms with E-state index in [1.54, 1.807) is 0 Å². The third-order valence-corrected chi connectivity index (χ3v) is 6.45. The van der Waals surface area contributed by atoms with E-state index < -0.39 is 0 Å². The smallest absolute Gasteiger partial charge is 0.225 e. The van der Waals surface area contributed by atoms with E-state index in [1.807, 2.05) is 0 Å². The van der Waals surface area contributed by atoms with Gasteiger partial charge in [0.2, 0.25) is 5.95 Å². The molecule has 5 heteroatoms. The molecule has 0 amide bonds. The summed E-state index contributed by atoms with van der Waals surface area (Å²) in [6, 6.07) is 11.5. The van der Waals surface area contributed by atoms with E-state index in [2.05, 4.69) is 71.4 Å². The first kappa shape index (κ1) is 20.3. The van der Waals surface area contributed by atoms with Crippen LogP contribution in [0.1, 0.15) is 43.7 Å². The predicted octanol–water partition coefficient (Wildman–Crippen LogP) is 3.81. The van der Waals surface area contributed by atoms with Crippen LogP contribution in [-0.4, -0.2) is 59.0 Å². The first-order chi connectivity index (χ1) is 14.2. The summed E-state index contributed by atoms with van der Waals surface area (Å²) in [5.41, 5.74) is 2.60. The Bertz CT molecular complexity index is 740. The lowest BCUT2D eigenvalue weighted by molar-refractivity contribution is 0.108. The highest BCUT2D eigenvalue weighted by molar-refractivity contribution is 5.30. The van der Waals surface area contributed by atoms with Crippen molar-refractivity contribution in [1.82, 2.24) is 19.8 Å². The maximum atomic E-state index is 4.73. The molecule has 3 heterocycles. The maximum absolute atomic E-state index is 4.73. The van der Waals surface area contributed by atoms with Gasteiger partial charge in [0.15, 0.2) is 0 Å². The van der Waals surface area contributed by atoms with Gasteiger partial charge in [0.05, 0.1) is 0 Å². The van der Waals surface area contributed by atoms with Gasteiger partial charge in [-0.3, -0.25) is 4.90 Å². The van der Waals surface area contributed by atoms with Crippen molar-refractivity contribution in [3.05, 3.63) is 53.9 Å². The van der Waals surface area contributed by atoms with Gasteiger partial charge < -0.3 is 9.80 Å². The van der Waals surface area contributed by atoms with Gasteiger partial charge >= 0.3 is 0 Å². The normalized spacial score (nSPS) is 21.6. The molecule has 1 aromatic carbocycles. The summed E-state index contributed by atoms with van der Waals surface area (Å²) >= 11 is 0. The van der Waals surface area contributed by atoms with Crippen molar-refractivity contribution >= 4 is 5.95 Å². The SMILES string of the molecule is C[C@@H]1CCCN(c2ncc(CN(Cc3ccccc3)C3CCN(C)CC3)cn2)C1. The lowest BCUT2D eigenvalue weighted by Crippen LogP contribution is -2.43. The molecule has 2 aliphatic heterocycles. The molecule has 0 aliphatic carbocycles. The quantitative estimate of drug-likeness (QED) is 0.746. The standard InChI is InChI=1S/C24H35N5/c1-20-7-6-12-28(17-20)24-25-15-22(16-26-24)19-29(18-21-8-4-3-5-9-21)23-10-13-27(2)14-11-23/h3-5,8-9,15-16,20,23H,6-7,10-14,17-19H2,1-2H3/t20-/m1/s1. The second-order valence-electron chi connectivity index (χ2n) is 9.01. The first-order valence-corrected chi connectivity index (χ1v) is 11.2. The van der Waals surface area contributed by atoms with Crippen LogP contribution < -0.4 is 4.90 Å². The molecular weight excluding hydrogens is 358 g/mol. The van der Waals surface area contributed by atoms with Crippen molar-refractivity contribution in [3.63, 3.8) is 0 Å². The number of nitrogens with zero attached hydrogens (tertiary/aromatic N) is 5. The molecule has 0 N–H and O–H groups in total. The molecule has 2 aliphatic rings. The average Bonchev–Trinajstić information content (AvgIpc) is 2.75. The summed E-state index contributed by atoms with van der Waals surface area (Å²) in [5.74, 6) is 1.63. The Morgan fingerprint density at radius 3 is 2.31 bits per heavy atom. The molecule has 0 spiro atoms. The summed E-state index contributed by atoms with van der Waals surface area (Å²) in [6.07, 6.45) is 9.12. The summed E-state index contributed by atoms with van der Waals surface area (Å²) in [6.45, 7) is 8.75. The van der Waals surface area contributed by atoms with Crippen LogP contribution in [0.15, 0.2) is 42.7 Å². The Labute approximate surface area is 175 Å². The van der Waals surface area contributed by atoms with E-state index in [4.69, 9.17) is 9.97 Å². The minimum atomic E-state index is 0.619.